The molecule has 1 saturated heterocycles. The van der Waals surface area contributed by atoms with Gasteiger partial charge >= 0.3 is 21.7 Å². The molecule has 34 heavy (non-hydrogen) atoms. The van der Waals surface area contributed by atoms with Crippen LogP contribution in [0, 0.1) is 6.92 Å². The van der Waals surface area contributed by atoms with Gasteiger partial charge in [0.2, 0.25) is 0 Å². The van der Waals surface area contributed by atoms with E-state index in [1.54, 1.807) is 31.7 Å². The normalized spacial score (nSPS) is 15.5. The van der Waals surface area contributed by atoms with E-state index in [0.717, 1.165) is 0 Å². The first-order valence-electron chi connectivity index (χ1n) is 10.4. The highest BCUT2D eigenvalue weighted by atomic mass is 32.2. The lowest BCUT2D eigenvalue weighted by atomic mass is 10.1. The second kappa shape index (κ2) is 8.67. The maximum absolute atomic E-state index is 13.0. The third kappa shape index (κ3) is 5.24. The molecule has 1 fully saturated rings. The van der Waals surface area contributed by atoms with Crippen LogP contribution in [0.4, 0.5) is 23.7 Å². The van der Waals surface area contributed by atoms with Gasteiger partial charge in [0, 0.05) is 55.9 Å². The molecular formula is C21H26F3N3O6S. The number of aryl methyl sites for hydroxylation is 2. The first-order valence-corrected chi connectivity index (χ1v) is 11.8. The lowest BCUT2D eigenvalue weighted by Gasteiger charge is -2.37. The van der Waals surface area contributed by atoms with Crippen molar-refractivity contribution in [3.05, 3.63) is 34.1 Å². The van der Waals surface area contributed by atoms with Crippen molar-refractivity contribution in [1.82, 2.24) is 9.47 Å². The van der Waals surface area contributed by atoms with Crippen LogP contribution in [0.15, 0.2) is 23.0 Å². The molecule has 0 N–H and O–H groups in total. The van der Waals surface area contributed by atoms with Gasteiger partial charge in [0.1, 0.15) is 5.60 Å². The average molecular weight is 506 g/mol. The minimum Gasteiger partial charge on any atom is -0.444 e. The first-order chi connectivity index (χ1) is 15.5. The Balaban J connectivity index is 2.00. The molecule has 0 saturated carbocycles. The standard InChI is InChI=1S/C21H26F3N3O6S/c1-13-10-15-16(25(5)18(13)28)11-14(12-17(15)33-34(30,31)21(22,23)24)26-6-8-27(9-7-26)19(29)32-20(2,3)4/h10-12H,6-9H2,1-5H3. The number of rotatable bonds is 3. The van der Waals surface area contributed by atoms with Crippen LogP contribution in [-0.4, -0.2) is 61.3 Å². The van der Waals surface area contributed by atoms with E-state index in [0.29, 0.717) is 18.8 Å². The van der Waals surface area contributed by atoms with Gasteiger partial charge in [-0.25, -0.2) is 4.79 Å². The second-order valence-corrected chi connectivity index (χ2v) is 10.5. The topological polar surface area (TPSA) is 98.2 Å². The minimum atomic E-state index is -5.94. The molecule has 1 aliphatic heterocycles. The Hall–Kier alpha value is -2.96. The van der Waals surface area contributed by atoms with Crippen molar-refractivity contribution in [3.8, 4) is 5.75 Å². The zero-order chi connectivity index (χ0) is 25.6. The summed E-state index contributed by atoms with van der Waals surface area (Å²) in [6.45, 7) is 7.86. The summed E-state index contributed by atoms with van der Waals surface area (Å²) in [4.78, 5) is 28.0. The van der Waals surface area contributed by atoms with Crippen LogP contribution in [0.25, 0.3) is 10.9 Å². The number of alkyl halides is 3. The highest BCUT2D eigenvalue weighted by Gasteiger charge is 2.49. The van der Waals surface area contributed by atoms with Crippen molar-refractivity contribution < 1.29 is 35.3 Å². The number of aromatic nitrogens is 1. The van der Waals surface area contributed by atoms with Crippen LogP contribution in [-0.2, 0) is 21.9 Å². The largest absolute Gasteiger partial charge is 0.534 e. The summed E-state index contributed by atoms with van der Waals surface area (Å²) in [7, 11) is -4.50. The number of hydrogen-bond acceptors (Lipinski definition) is 7. The molecule has 3 rings (SSSR count). The van der Waals surface area contributed by atoms with Gasteiger partial charge in [0.25, 0.3) is 5.56 Å². The molecule has 2 aromatic rings. The Labute approximate surface area is 194 Å². The molecular weight excluding hydrogens is 479 g/mol. The number of ether oxygens (including phenoxy) is 1. The lowest BCUT2D eigenvalue weighted by Crippen LogP contribution is -2.50. The maximum atomic E-state index is 13.0. The summed E-state index contributed by atoms with van der Waals surface area (Å²) in [6.07, 6.45) is -0.483. The molecule has 1 aromatic heterocycles. The SMILES string of the molecule is Cc1cc2c(OS(=O)(=O)C(F)(F)F)cc(N3CCN(C(=O)OC(C)(C)C)CC3)cc2n(C)c1=O. The fraction of sp³-hybridized carbons (Fsp3) is 0.524. The lowest BCUT2D eigenvalue weighted by molar-refractivity contribution is -0.0499. The quantitative estimate of drug-likeness (QED) is 0.467. The van der Waals surface area contributed by atoms with Gasteiger partial charge in [-0.15, -0.1) is 0 Å². The Morgan fingerprint density at radius 2 is 1.62 bits per heavy atom. The molecule has 1 aliphatic rings. The summed E-state index contributed by atoms with van der Waals surface area (Å²) >= 11 is 0. The van der Waals surface area contributed by atoms with Gasteiger partial charge in [0.15, 0.2) is 5.75 Å². The van der Waals surface area contributed by atoms with E-state index in [2.05, 4.69) is 4.18 Å². The maximum Gasteiger partial charge on any atom is 0.534 e. The Kier molecular flexibility index (Phi) is 6.55. The van der Waals surface area contributed by atoms with Crippen molar-refractivity contribution in [2.24, 2.45) is 7.05 Å². The fourth-order valence-electron chi connectivity index (χ4n) is 3.56. The van der Waals surface area contributed by atoms with Crippen molar-refractivity contribution in [2.45, 2.75) is 38.8 Å². The van der Waals surface area contributed by atoms with Gasteiger partial charge in [-0.3, -0.25) is 4.79 Å². The molecule has 2 heterocycles. The summed E-state index contributed by atoms with van der Waals surface area (Å²) in [5.41, 5.74) is -5.90. The summed E-state index contributed by atoms with van der Waals surface area (Å²) in [5, 5.41) is 0.0450. The predicted octanol–water partition coefficient (Wildman–Crippen LogP) is 3.13. The number of nitrogens with zero attached hydrogens (tertiary/aromatic N) is 3. The predicted molar refractivity (Wildman–Crippen MR) is 120 cm³/mol. The van der Waals surface area contributed by atoms with Gasteiger partial charge < -0.3 is 23.3 Å². The number of hydrogen-bond donors (Lipinski definition) is 0. The number of amides is 1. The molecule has 13 heteroatoms. The van der Waals surface area contributed by atoms with E-state index < -0.39 is 33.1 Å². The molecule has 0 bridgehead atoms. The van der Waals surface area contributed by atoms with E-state index in [9.17, 15) is 31.2 Å². The minimum absolute atomic E-state index is 0.0450. The molecule has 1 aromatic carbocycles. The van der Waals surface area contributed by atoms with E-state index in [1.165, 1.54) is 35.6 Å². The molecule has 0 radical (unpaired) electrons. The number of halogens is 3. The highest BCUT2D eigenvalue weighted by Crippen LogP contribution is 2.35. The van der Waals surface area contributed by atoms with Crippen molar-refractivity contribution in [3.63, 3.8) is 0 Å². The number of anilines is 1. The van der Waals surface area contributed by atoms with E-state index in [1.807, 2.05) is 0 Å². The summed E-state index contributed by atoms with van der Waals surface area (Å²) in [5.74, 6) is -0.543. The van der Waals surface area contributed by atoms with Crippen molar-refractivity contribution in [2.75, 3.05) is 31.1 Å². The Morgan fingerprint density at radius 3 is 2.15 bits per heavy atom. The number of pyridine rings is 1. The number of carbonyl (C=O) groups excluding carboxylic acids is 1. The van der Waals surface area contributed by atoms with Crippen LogP contribution >= 0.6 is 0 Å². The van der Waals surface area contributed by atoms with Crippen LogP contribution in [0.5, 0.6) is 5.75 Å². The molecule has 0 aliphatic carbocycles. The summed E-state index contributed by atoms with van der Waals surface area (Å²) < 4.78 is 73.6. The van der Waals surface area contributed by atoms with Gasteiger partial charge in [-0.1, -0.05) is 0 Å². The zero-order valence-corrected chi connectivity index (χ0v) is 20.2. The molecule has 188 valence electrons. The highest BCUT2D eigenvalue weighted by molar-refractivity contribution is 7.88. The second-order valence-electron chi connectivity index (χ2n) is 9.01. The summed E-state index contributed by atoms with van der Waals surface area (Å²) in [6, 6.07) is 4.06. The first kappa shape index (κ1) is 25.7. The number of piperazine rings is 1. The van der Waals surface area contributed by atoms with Crippen LogP contribution < -0.4 is 14.6 Å². The van der Waals surface area contributed by atoms with Crippen LogP contribution in [0.3, 0.4) is 0 Å². The van der Waals surface area contributed by atoms with Gasteiger partial charge in [0.05, 0.1) is 5.52 Å². The van der Waals surface area contributed by atoms with E-state index in [4.69, 9.17) is 4.74 Å². The monoisotopic (exact) mass is 505 g/mol. The van der Waals surface area contributed by atoms with Gasteiger partial charge in [-0.2, -0.15) is 21.6 Å². The van der Waals surface area contributed by atoms with E-state index >= 15 is 0 Å². The Morgan fingerprint density at radius 1 is 1.03 bits per heavy atom. The van der Waals surface area contributed by atoms with Crippen molar-refractivity contribution in [1.29, 1.82) is 0 Å². The third-order valence-corrected chi connectivity index (χ3v) is 6.21. The number of fused-ring (bicyclic) bond motifs is 1. The van der Waals surface area contributed by atoms with Crippen LogP contribution in [0.1, 0.15) is 26.3 Å². The molecule has 0 unspecified atom stereocenters. The molecule has 0 spiro atoms. The third-order valence-electron chi connectivity index (χ3n) is 5.25. The molecule has 1 amide bonds. The number of carbonyl (C=O) groups is 1. The number of benzene rings is 1. The Bertz CT molecular complexity index is 1270. The van der Waals surface area contributed by atoms with Gasteiger partial charge in [-0.05, 0) is 39.8 Å². The average Bonchev–Trinajstić information content (AvgIpc) is 2.70. The van der Waals surface area contributed by atoms with Crippen LogP contribution in [0.2, 0.25) is 0 Å². The van der Waals surface area contributed by atoms with Crippen molar-refractivity contribution >= 4 is 32.8 Å². The smallest absolute Gasteiger partial charge is 0.444 e. The molecule has 9 nitrogen and oxygen atoms in total. The fourth-order valence-corrected chi connectivity index (χ4v) is 4.03. The zero-order valence-electron chi connectivity index (χ0n) is 19.4. The molecule has 0 atom stereocenters. The van der Waals surface area contributed by atoms with E-state index in [-0.39, 0.29) is 35.1 Å².